The lowest BCUT2D eigenvalue weighted by atomic mass is 9.96. The Morgan fingerprint density at radius 2 is 1.86 bits per heavy atom. The van der Waals surface area contributed by atoms with E-state index in [0.717, 1.165) is 5.69 Å². The maximum Gasteiger partial charge on any atom is 0.174 e. The molecule has 3 aromatic rings. The van der Waals surface area contributed by atoms with Gasteiger partial charge in [0.15, 0.2) is 5.11 Å². The summed E-state index contributed by atoms with van der Waals surface area (Å²) in [5.41, 5.74) is 5.41. The third-order valence-electron chi connectivity index (χ3n) is 5.99. The average molecular weight is 405 g/mol. The minimum Gasteiger partial charge on any atom is -0.506 e. The fourth-order valence-corrected chi connectivity index (χ4v) is 4.93. The highest BCUT2D eigenvalue weighted by atomic mass is 32.1. The van der Waals surface area contributed by atoms with E-state index in [9.17, 15) is 5.11 Å². The van der Waals surface area contributed by atoms with Gasteiger partial charge in [-0.05, 0) is 74.8 Å². The molecule has 29 heavy (non-hydrogen) atoms. The van der Waals surface area contributed by atoms with Crippen LogP contribution in [0, 0.1) is 13.8 Å². The Bertz CT molecular complexity index is 1070. The van der Waals surface area contributed by atoms with Crippen molar-refractivity contribution >= 4 is 23.0 Å². The number of aromatic nitrogens is 2. The Morgan fingerprint density at radius 1 is 1.10 bits per heavy atom. The van der Waals surface area contributed by atoms with Crippen LogP contribution in [0.25, 0.3) is 0 Å². The Kier molecular flexibility index (Phi) is 4.32. The lowest BCUT2D eigenvalue weighted by Crippen LogP contribution is -2.29. The first-order valence-corrected chi connectivity index (χ1v) is 10.4. The van der Waals surface area contributed by atoms with Crippen molar-refractivity contribution in [2.75, 3.05) is 4.90 Å². The van der Waals surface area contributed by atoms with Crippen LogP contribution in [-0.2, 0) is 0 Å². The number of hydrogen-bond donors (Lipinski definition) is 2. The maximum absolute atomic E-state index is 10.6. The highest BCUT2D eigenvalue weighted by Crippen LogP contribution is 2.47. The smallest absolute Gasteiger partial charge is 0.174 e. The van der Waals surface area contributed by atoms with Gasteiger partial charge in [0.05, 0.1) is 23.5 Å². The number of aromatic hydroxyl groups is 1. The first kappa shape index (κ1) is 18.2. The van der Waals surface area contributed by atoms with Crippen molar-refractivity contribution in [3.8, 4) is 5.75 Å². The molecule has 0 unspecified atom stereocenters. The van der Waals surface area contributed by atoms with Gasteiger partial charge in [0.2, 0.25) is 0 Å². The van der Waals surface area contributed by atoms with Crippen LogP contribution in [0.4, 0.5) is 5.69 Å². The second-order valence-corrected chi connectivity index (χ2v) is 8.30. The molecule has 1 aliphatic carbocycles. The van der Waals surface area contributed by atoms with Crippen molar-refractivity contribution in [1.82, 2.24) is 14.9 Å². The summed E-state index contributed by atoms with van der Waals surface area (Å²) in [4.78, 5) is 6.65. The number of nitrogens with one attached hydrogen (secondary N) is 1. The predicted molar refractivity (Wildman–Crippen MR) is 118 cm³/mol. The molecule has 1 aromatic carbocycles. The maximum atomic E-state index is 10.6. The molecule has 2 aliphatic rings. The Morgan fingerprint density at radius 3 is 2.55 bits per heavy atom. The summed E-state index contributed by atoms with van der Waals surface area (Å²) < 4.78 is 2.45. The van der Waals surface area contributed by atoms with Gasteiger partial charge >= 0.3 is 0 Å². The first-order chi connectivity index (χ1) is 14.1. The number of anilines is 1. The molecule has 2 aromatic heterocycles. The number of pyridine rings is 1. The van der Waals surface area contributed by atoms with E-state index in [4.69, 9.17) is 12.2 Å². The summed E-state index contributed by atoms with van der Waals surface area (Å²) >= 11 is 5.75. The normalized spacial score (nSPS) is 21.4. The highest BCUT2D eigenvalue weighted by molar-refractivity contribution is 7.80. The fourth-order valence-electron chi connectivity index (χ4n) is 4.59. The molecule has 2 N–H and O–H groups in total. The third-order valence-corrected chi connectivity index (χ3v) is 6.31. The van der Waals surface area contributed by atoms with Crippen molar-refractivity contribution in [2.45, 2.75) is 44.8 Å². The number of nitrogens with zero attached hydrogens (tertiary/aromatic N) is 3. The van der Waals surface area contributed by atoms with E-state index in [1.807, 2.05) is 47.5 Å². The molecule has 5 nitrogen and oxygen atoms in total. The van der Waals surface area contributed by atoms with E-state index in [2.05, 4.69) is 34.8 Å². The topological polar surface area (TPSA) is 53.3 Å². The summed E-state index contributed by atoms with van der Waals surface area (Å²) in [6.07, 6.45) is 4.29. The van der Waals surface area contributed by atoms with Crippen molar-refractivity contribution in [3.63, 3.8) is 0 Å². The molecule has 3 heterocycles. The van der Waals surface area contributed by atoms with Crippen LogP contribution in [0.1, 0.15) is 53.6 Å². The quantitative estimate of drug-likeness (QED) is 0.617. The number of para-hydroxylation sites is 2. The SMILES string of the molecule is Cc1cc([C@H]2[C@@H](c3ccccn3)NC(=S)N2c2ccccc2O)c(C)n1C1CC1. The minimum absolute atomic E-state index is 0.0931. The summed E-state index contributed by atoms with van der Waals surface area (Å²) in [6, 6.07) is 16.0. The predicted octanol–water partition coefficient (Wildman–Crippen LogP) is 4.72. The second-order valence-electron chi connectivity index (χ2n) is 7.91. The Balaban J connectivity index is 1.68. The number of phenols is 1. The van der Waals surface area contributed by atoms with Gasteiger partial charge in [-0.15, -0.1) is 0 Å². The third kappa shape index (κ3) is 2.99. The number of phenolic OH excluding ortho intramolecular Hbond substituents is 1. The van der Waals surface area contributed by atoms with Crippen molar-refractivity contribution in [3.05, 3.63) is 77.4 Å². The van der Waals surface area contributed by atoms with Crippen LogP contribution in [0.3, 0.4) is 0 Å². The summed E-state index contributed by atoms with van der Waals surface area (Å²) in [7, 11) is 0. The zero-order valence-electron chi connectivity index (χ0n) is 16.5. The highest BCUT2D eigenvalue weighted by Gasteiger charge is 2.43. The number of benzene rings is 1. The molecule has 0 radical (unpaired) electrons. The minimum atomic E-state index is -0.101. The van der Waals surface area contributed by atoms with Gasteiger partial charge in [0.1, 0.15) is 5.75 Å². The number of thiocarbonyl (C=S) groups is 1. The van der Waals surface area contributed by atoms with Gasteiger partial charge in [0, 0.05) is 23.6 Å². The van der Waals surface area contributed by atoms with E-state index in [0.29, 0.717) is 16.8 Å². The van der Waals surface area contributed by atoms with E-state index >= 15 is 0 Å². The molecule has 1 saturated heterocycles. The molecule has 6 heteroatoms. The monoisotopic (exact) mass is 404 g/mol. The summed E-state index contributed by atoms with van der Waals surface area (Å²) in [6.45, 7) is 4.37. The van der Waals surface area contributed by atoms with Crippen LogP contribution in [0.15, 0.2) is 54.7 Å². The summed E-state index contributed by atoms with van der Waals surface area (Å²) in [5, 5.41) is 14.7. The molecule has 1 saturated carbocycles. The van der Waals surface area contributed by atoms with Crippen LogP contribution in [0.5, 0.6) is 5.75 Å². The largest absolute Gasteiger partial charge is 0.506 e. The van der Waals surface area contributed by atoms with Gasteiger partial charge < -0.3 is 19.9 Å². The second kappa shape index (κ2) is 6.88. The molecule has 0 amide bonds. The van der Waals surface area contributed by atoms with Crippen LogP contribution < -0.4 is 10.2 Å². The molecular formula is C23H24N4OS. The standard InChI is InChI=1S/C23H24N4OS/c1-14-13-17(15(2)26(14)16-10-11-16)22-21(18-7-5-6-12-24-18)25-23(29)27(22)19-8-3-4-9-20(19)28/h3-9,12-13,16,21-22,28H,10-11H2,1-2H3,(H,25,29)/t21-,22+/m1/s1. The van der Waals surface area contributed by atoms with Crippen molar-refractivity contribution in [1.29, 1.82) is 0 Å². The van der Waals surface area contributed by atoms with Gasteiger partial charge in [-0.2, -0.15) is 0 Å². The number of rotatable bonds is 4. The summed E-state index contributed by atoms with van der Waals surface area (Å²) in [5.74, 6) is 0.222. The van der Waals surface area contributed by atoms with Gasteiger partial charge in [-0.1, -0.05) is 18.2 Å². The van der Waals surface area contributed by atoms with Crippen LogP contribution in [-0.4, -0.2) is 19.8 Å². The van der Waals surface area contributed by atoms with Crippen molar-refractivity contribution in [2.24, 2.45) is 0 Å². The Labute approximate surface area is 176 Å². The van der Waals surface area contributed by atoms with Crippen molar-refractivity contribution < 1.29 is 5.11 Å². The number of hydrogen-bond acceptors (Lipinski definition) is 3. The fraction of sp³-hybridized carbons (Fsp3) is 0.304. The molecular weight excluding hydrogens is 380 g/mol. The van der Waals surface area contributed by atoms with Gasteiger partial charge in [-0.3, -0.25) is 4.98 Å². The molecule has 5 rings (SSSR count). The van der Waals surface area contributed by atoms with Gasteiger partial charge in [-0.25, -0.2) is 0 Å². The van der Waals surface area contributed by atoms with Crippen LogP contribution in [0.2, 0.25) is 0 Å². The zero-order valence-corrected chi connectivity index (χ0v) is 17.4. The number of aryl methyl sites for hydroxylation is 1. The van der Waals surface area contributed by atoms with Crippen LogP contribution >= 0.6 is 12.2 Å². The zero-order chi connectivity index (χ0) is 20.1. The average Bonchev–Trinajstić information content (AvgIpc) is 3.43. The lowest BCUT2D eigenvalue weighted by molar-refractivity contribution is 0.472. The first-order valence-electron chi connectivity index (χ1n) is 10.0. The van der Waals surface area contributed by atoms with E-state index in [1.165, 1.54) is 29.8 Å². The van der Waals surface area contributed by atoms with Gasteiger partial charge in [0.25, 0.3) is 0 Å². The molecule has 2 atom stereocenters. The molecule has 2 fully saturated rings. The molecule has 1 aliphatic heterocycles. The van der Waals surface area contributed by atoms with E-state index in [-0.39, 0.29) is 17.8 Å². The molecule has 148 valence electrons. The lowest BCUT2D eigenvalue weighted by Gasteiger charge is -2.28. The van der Waals surface area contributed by atoms with E-state index in [1.54, 1.807) is 6.07 Å². The van der Waals surface area contributed by atoms with E-state index < -0.39 is 0 Å². The molecule has 0 spiro atoms. The Hall–Kier alpha value is -2.86. The molecule has 0 bridgehead atoms.